The van der Waals surface area contributed by atoms with Gasteiger partial charge in [-0.15, -0.1) is 0 Å². The van der Waals surface area contributed by atoms with Gasteiger partial charge in [0.15, 0.2) is 0 Å². The SMILES string of the molecule is O=C(O)c1ccn2c3c(nc2c1)CCCC3. The number of carboxylic acid groups (broad SMARTS) is 1. The quantitative estimate of drug-likeness (QED) is 0.792. The maximum Gasteiger partial charge on any atom is 0.335 e. The Bertz CT molecular complexity index is 572. The van der Waals surface area contributed by atoms with Gasteiger partial charge in [-0.1, -0.05) is 0 Å². The molecule has 16 heavy (non-hydrogen) atoms. The van der Waals surface area contributed by atoms with Crippen molar-refractivity contribution in [1.82, 2.24) is 9.38 Å². The van der Waals surface area contributed by atoms with E-state index in [1.54, 1.807) is 12.1 Å². The maximum absolute atomic E-state index is 10.9. The minimum absolute atomic E-state index is 0.301. The van der Waals surface area contributed by atoms with Gasteiger partial charge in [-0.05, 0) is 37.8 Å². The number of aromatic nitrogens is 2. The molecule has 1 N–H and O–H groups in total. The number of aryl methyl sites for hydroxylation is 2. The van der Waals surface area contributed by atoms with Crippen LogP contribution in [0.5, 0.6) is 0 Å². The fraction of sp³-hybridized carbons (Fsp3) is 0.333. The lowest BCUT2D eigenvalue weighted by Gasteiger charge is -2.09. The molecule has 82 valence electrons. The summed E-state index contributed by atoms with van der Waals surface area (Å²) < 4.78 is 2.01. The lowest BCUT2D eigenvalue weighted by atomic mass is 10.0. The standard InChI is InChI=1S/C12H12N2O2/c15-12(16)8-5-6-14-10-4-2-1-3-9(10)13-11(14)7-8/h5-7H,1-4H2,(H,15,16). The Balaban J connectivity index is 2.22. The highest BCUT2D eigenvalue weighted by Gasteiger charge is 2.16. The van der Waals surface area contributed by atoms with E-state index in [2.05, 4.69) is 4.98 Å². The van der Waals surface area contributed by atoms with Crippen molar-refractivity contribution in [3.05, 3.63) is 35.3 Å². The predicted octanol–water partition coefficient (Wildman–Crippen LogP) is 1.91. The van der Waals surface area contributed by atoms with Crippen LogP contribution < -0.4 is 0 Å². The van der Waals surface area contributed by atoms with E-state index in [9.17, 15) is 4.79 Å². The monoisotopic (exact) mass is 216 g/mol. The van der Waals surface area contributed by atoms with Crippen molar-refractivity contribution in [2.75, 3.05) is 0 Å². The van der Waals surface area contributed by atoms with Gasteiger partial charge in [-0.2, -0.15) is 0 Å². The summed E-state index contributed by atoms with van der Waals surface area (Å²) in [5.41, 5.74) is 3.44. The van der Waals surface area contributed by atoms with Crippen molar-refractivity contribution in [1.29, 1.82) is 0 Å². The Labute approximate surface area is 92.5 Å². The Morgan fingerprint density at radius 3 is 3.00 bits per heavy atom. The zero-order valence-corrected chi connectivity index (χ0v) is 8.81. The summed E-state index contributed by atoms with van der Waals surface area (Å²) >= 11 is 0. The number of fused-ring (bicyclic) bond motifs is 3. The first-order chi connectivity index (χ1) is 7.75. The summed E-state index contributed by atoms with van der Waals surface area (Å²) in [5.74, 6) is -0.900. The molecule has 0 fully saturated rings. The number of hydrogen-bond acceptors (Lipinski definition) is 2. The number of carboxylic acids is 1. The molecule has 2 aromatic heterocycles. The van der Waals surface area contributed by atoms with Crippen LogP contribution in [0.4, 0.5) is 0 Å². The van der Waals surface area contributed by atoms with Crippen LogP contribution in [-0.4, -0.2) is 20.5 Å². The van der Waals surface area contributed by atoms with Crippen LogP contribution in [0.1, 0.15) is 34.6 Å². The number of carbonyl (C=O) groups is 1. The molecule has 1 aliphatic carbocycles. The van der Waals surface area contributed by atoms with Gasteiger partial charge in [-0.3, -0.25) is 0 Å². The average molecular weight is 216 g/mol. The fourth-order valence-corrected chi connectivity index (χ4v) is 2.33. The third-order valence-corrected chi connectivity index (χ3v) is 3.13. The number of hydrogen-bond donors (Lipinski definition) is 1. The number of imidazole rings is 1. The van der Waals surface area contributed by atoms with Crippen molar-refractivity contribution in [3.8, 4) is 0 Å². The molecule has 0 bridgehead atoms. The molecular formula is C12H12N2O2. The lowest BCUT2D eigenvalue weighted by Crippen LogP contribution is -2.04. The molecule has 1 aliphatic rings. The first kappa shape index (κ1) is 9.39. The van der Waals surface area contributed by atoms with E-state index in [1.807, 2.05) is 10.6 Å². The van der Waals surface area contributed by atoms with E-state index in [-0.39, 0.29) is 0 Å². The van der Waals surface area contributed by atoms with Crippen LogP contribution in [0.2, 0.25) is 0 Å². The van der Waals surface area contributed by atoms with Crippen molar-refractivity contribution in [2.24, 2.45) is 0 Å². The average Bonchev–Trinajstić information content (AvgIpc) is 2.66. The predicted molar refractivity (Wildman–Crippen MR) is 58.8 cm³/mol. The maximum atomic E-state index is 10.9. The smallest absolute Gasteiger partial charge is 0.335 e. The van der Waals surface area contributed by atoms with Crippen LogP contribution in [0.25, 0.3) is 5.65 Å². The molecule has 0 aliphatic heterocycles. The van der Waals surface area contributed by atoms with Gasteiger partial charge in [0.25, 0.3) is 0 Å². The van der Waals surface area contributed by atoms with Crippen molar-refractivity contribution in [3.63, 3.8) is 0 Å². The second kappa shape index (κ2) is 3.33. The molecule has 0 atom stereocenters. The van der Waals surface area contributed by atoms with Gasteiger partial charge >= 0.3 is 5.97 Å². The summed E-state index contributed by atoms with van der Waals surface area (Å²) in [5, 5.41) is 8.91. The number of pyridine rings is 1. The molecule has 0 amide bonds. The zero-order valence-electron chi connectivity index (χ0n) is 8.81. The molecule has 4 nitrogen and oxygen atoms in total. The normalized spacial score (nSPS) is 15.0. The van der Waals surface area contributed by atoms with Crippen molar-refractivity contribution < 1.29 is 9.90 Å². The molecule has 0 aromatic carbocycles. The Morgan fingerprint density at radius 2 is 2.19 bits per heavy atom. The minimum atomic E-state index is -0.900. The molecule has 0 saturated carbocycles. The van der Waals surface area contributed by atoms with Gasteiger partial charge in [0.2, 0.25) is 0 Å². The Kier molecular flexibility index (Phi) is 1.96. The molecule has 0 saturated heterocycles. The van der Waals surface area contributed by atoms with Gasteiger partial charge in [0.1, 0.15) is 5.65 Å². The highest BCUT2D eigenvalue weighted by Crippen LogP contribution is 2.22. The molecule has 2 aromatic rings. The van der Waals surface area contributed by atoms with E-state index in [1.165, 1.54) is 18.5 Å². The third kappa shape index (κ3) is 1.30. The largest absolute Gasteiger partial charge is 0.478 e. The summed E-state index contributed by atoms with van der Waals surface area (Å²) in [6, 6.07) is 3.27. The van der Waals surface area contributed by atoms with Crippen molar-refractivity contribution in [2.45, 2.75) is 25.7 Å². The molecule has 0 spiro atoms. The molecule has 3 rings (SSSR count). The lowest BCUT2D eigenvalue weighted by molar-refractivity contribution is 0.0697. The second-order valence-corrected chi connectivity index (χ2v) is 4.16. The van der Waals surface area contributed by atoms with Crippen LogP contribution in [-0.2, 0) is 12.8 Å². The van der Waals surface area contributed by atoms with Gasteiger partial charge in [-0.25, -0.2) is 9.78 Å². The number of rotatable bonds is 1. The van der Waals surface area contributed by atoms with Crippen LogP contribution in [0.15, 0.2) is 18.3 Å². The molecule has 2 heterocycles. The molecule has 4 heteroatoms. The molecule has 0 radical (unpaired) electrons. The summed E-state index contributed by atoms with van der Waals surface area (Å²) in [6.07, 6.45) is 6.25. The van der Waals surface area contributed by atoms with Crippen LogP contribution in [0.3, 0.4) is 0 Å². The van der Waals surface area contributed by atoms with Gasteiger partial charge in [0.05, 0.1) is 11.3 Å². The third-order valence-electron chi connectivity index (χ3n) is 3.13. The van der Waals surface area contributed by atoms with Crippen molar-refractivity contribution >= 4 is 11.6 Å². The van der Waals surface area contributed by atoms with Crippen LogP contribution >= 0.6 is 0 Å². The minimum Gasteiger partial charge on any atom is -0.478 e. The highest BCUT2D eigenvalue weighted by molar-refractivity contribution is 5.88. The fourth-order valence-electron chi connectivity index (χ4n) is 2.33. The van der Waals surface area contributed by atoms with Gasteiger partial charge in [0, 0.05) is 11.9 Å². The highest BCUT2D eigenvalue weighted by atomic mass is 16.4. The van der Waals surface area contributed by atoms with Gasteiger partial charge < -0.3 is 9.51 Å². The van der Waals surface area contributed by atoms with E-state index >= 15 is 0 Å². The van der Waals surface area contributed by atoms with E-state index in [0.717, 1.165) is 24.2 Å². The van der Waals surface area contributed by atoms with Crippen LogP contribution in [0, 0.1) is 0 Å². The first-order valence-corrected chi connectivity index (χ1v) is 5.49. The topological polar surface area (TPSA) is 54.6 Å². The Hall–Kier alpha value is -1.84. The number of aromatic carboxylic acids is 1. The summed E-state index contributed by atoms with van der Waals surface area (Å²) in [4.78, 5) is 15.3. The summed E-state index contributed by atoms with van der Waals surface area (Å²) in [7, 11) is 0. The molecular weight excluding hydrogens is 204 g/mol. The Morgan fingerprint density at radius 1 is 1.38 bits per heavy atom. The van der Waals surface area contributed by atoms with E-state index in [4.69, 9.17) is 5.11 Å². The second-order valence-electron chi connectivity index (χ2n) is 4.16. The van der Waals surface area contributed by atoms with E-state index in [0.29, 0.717) is 5.56 Å². The number of nitrogens with zero attached hydrogens (tertiary/aromatic N) is 2. The summed E-state index contributed by atoms with van der Waals surface area (Å²) in [6.45, 7) is 0. The first-order valence-electron chi connectivity index (χ1n) is 5.49. The zero-order chi connectivity index (χ0) is 11.1. The molecule has 0 unspecified atom stereocenters. The van der Waals surface area contributed by atoms with E-state index < -0.39 is 5.97 Å².